The Kier molecular flexibility index (Phi) is 6.62. The summed E-state index contributed by atoms with van der Waals surface area (Å²) in [5.41, 5.74) is 8.12. The molecule has 37 heavy (non-hydrogen) atoms. The number of nitrogens with one attached hydrogen (secondary N) is 1. The average molecular weight is 516 g/mol. The van der Waals surface area contributed by atoms with E-state index in [2.05, 4.69) is 20.3 Å². The highest BCUT2D eigenvalue weighted by atomic mass is 19.3. The molecule has 2 heterocycles. The van der Waals surface area contributed by atoms with Crippen molar-refractivity contribution in [3.05, 3.63) is 75.1 Å². The molecular weight excluding hydrogens is 499 g/mol. The molecule has 4 rings (SSSR count). The van der Waals surface area contributed by atoms with Crippen LogP contribution in [0.5, 0.6) is 0 Å². The number of nitriles is 1. The molecule has 0 saturated heterocycles. The lowest BCUT2D eigenvalue weighted by atomic mass is 10.1. The van der Waals surface area contributed by atoms with Crippen LogP contribution in [0.1, 0.15) is 48.3 Å². The number of hydrogen-bond acceptors (Lipinski definition) is 8. The van der Waals surface area contributed by atoms with Crippen LogP contribution < -0.4 is 22.3 Å². The van der Waals surface area contributed by atoms with Gasteiger partial charge in [0.15, 0.2) is 5.82 Å². The van der Waals surface area contributed by atoms with Gasteiger partial charge < -0.3 is 16.8 Å². The summed E-state index contributed by atoms with van der Waals surface area (Å²) in [5.74, 6) is -1.77. The highest BCUT2D eigenvalue weighted by Crippen LogP contribution is 2.31. The summed E-state index contributed by atoms with van der Waals surface area (Å²) in [5, 5.41) is 11.8. The van der Waals surface area contributed by atoms with Gasteiger partial charge in [-0.3, -0.25) is 9.36 Å². The maximum absolute atomic E-state index is 14.6. The zero-order chi connectivity index (χ0) is 27.0. The zero-order valence-corrected chi connectivity index (χ0v) is 18.9. The number of alkyl halides is 4. The molecule has 0 aliphatic carbocycles. The molecule has 190 valence electrons. The number of nitrogens with two attached hydrogens (primary N) is 2. The van der Waals surface area contributed by atoms with Crippen molar-refractivity contribution in [3.8, 4) is 11.8 Å². The summed E-state index contributed by atoms with van der Waals surface area (Å²) in [6.45, 7) is 1.46. The molecule has 0 saturated carbocycles. The highest BCUT2D eigenvalue weighted by molar-refractivity contribution is 5.79. The van der Waals surface area contributed by atoms with Gasteiger partial charge in [0.1, 0.15) is 34.5 Å². The van der Waals surface area contributed by atoms with Crippen molar-refractivity contribution < 1.29 is 22.0 Å². The summed E-state index contributed by atoms with van der Waals surface area (Å²) in [6, 6.07) is 6.72. The van der Waals surface area contributed by atoms with Crippen LogP contribution >= 0.6 is 0 Å². The van der Waals surface area contributed by atoms with Crippen LogP contribution in [0.2, 0.25) is 0 Å². The van der Waals surface area contributed by atoms with Gasteiger partial charge in [0.05, 0.1) is 17.2 Å². The van der Waals surface area contributed by atoms with Crippen molar-refractivity contribution in [2.45, 2.75) is 25.8 Å². The Hall–Kier alpha value is -4.80. The maximum Gasteiger partial charge on any atom is 0.269 e. The van der Waals surface area contributed by atoms with Crippen molar-refractivity contribution in [2.24, 2.45) is 0 Å². The van der Waals surface area contributed by atoms with Gasteiger partial charge in [-0.2, -0.15) is 15.2 Å². The summed E-state index contributed by atoms with van der Waals surface area (Å²) >= 11 is 0. The number of benzene rings is 2. The molecule has 0 bridgehead atoms. The molecule has 0 aliphatic rings. The van der Waals surface area contributed by atoms with Crippen molar-refractivity contribution in [1.29, 1.82) is 5.26 Å². The molecule has 14 heteroatoms. The van der Waals surface area contributed by atoms with Crippen molar-refractivity contribution >= 4 is 28.5 Å². The molecular formula is C23H17F5N8O. The summed E-state index contributed by atoms with van der Waals surface area (Å²) in [6.07, 6.45) is -6.27. The molecule has 0 amide bonds. The van der Waals surface area contributed by atoms with Gasteiger partial charge in [-0.05, 0) is 37.3 Å². The molecule has 9 nitrogen and oxygen atoms in total. The molecule has 2 aromatic carbocycles. The minimum atomic E-state index is -3.14. The smallest absolute Gasteiger partial charge is 0.269 e. The molecule has 0 aliphatic heterocycles. The van der Waals surface area contributed by atoms with Crippen LogP contribution in [0.15, 0.2) is 41.2 Å². The molecule has 1 unspecified atom stereocenters. The number of aromatic nitrogens is 4. The molecule has 1 atom stereocenters. The van der Waals surface area contributed by atoms with Crippen molar-refractivity contribution in [1.82, 2.24) is 19.5 Å². The van der Waals surface area contributed by atoms with Crippen LogP contribution in [-0.2, 0) is 0 Å². The Morgan fingerprint density at radius 2 is 1.68 bits per heavy atom. The zero-order valence-electron chi connectivity index (χ0n) is 18.9. The first kappa shape index (κ1) is 25.3. The standard InChI is InChI=1S/C23H17F5N8O/c1-9(32-20-13(8-29)19(30)34-23(31)35-20)21-33-15-4-2-3-14(24)16(15)22(37)36(21)12-6-10(17(25)26)5-11(7-12)18(27)28/h2-7,9,17-18H,1H3,(H5,30,31,32,34,35). The number of hydrogen-bond donors (Lipinski definition) is 3. The number of rotatable bonds is 6. The monoisotopic (exact) mass is 516 g/mol. The number of fused-ring (bicyclic) bond motifs is 1. The lowest BCUT2D eigenvalue weighted by Gasteiger charge is -2.21. The fourth-order valence-corrected chi connectivity index (χ4v) is 3.77. The second-order valence-electron chi connectivity index (χ2n) is 7.87. The van der Waals surface area contributed by atoms with Gasteiger partial charge in [0.2, 0.25) is 5.95 Å². The van der Waals surface area contributed by atoms with E-state index in [9.17, 15) is 32.0 Å². The lowest BCUT2D eigenvalue weighted by molar-refractivity contribution is 0.144. The van der Waals surface area contributed by atoms with Gasteiger partial charge in [-0.15, -0.1) is 0 Å². The minimum Gasteiger partial charge on any atom is -0.382 e. The molecule has 4 aromatic rings. The molecule has 0 fully saturated rings. The van der Waals surface area contributed by atoms with E-state index in [1.807, 2.05) is 6.07 Å². The van der Waals surface area contributed by atoms with Crippen molar-refractivity contribution in [2.75, 3.05) is 16.8 Å². The minimum absolute atomic E-state index is 0.0776. The van der Waals surface area contributed by atoms with E-state index in [0.29, 0.717) is 6.07 Å². The number of nitrogens with zero attached hydrogens (tertiary/aromatic N) is 5. The first-order valence-electron chi connectivity index (χ1n) is 10.5. The molecule has 0 radical (unpaired) electrons. The van der Waals surface area contributed by atoms with Gasteiger partial charge in [0.25, 0.3) is 18.4 Å². The average Bonchev–Trinajstić information content (AvgIpc) is 2.83. The third-order valence-electron chi connectivity index (χ3n) is 5.40. The number of nitrogen functional groups attached to an aromatic ring is 2. The van der Waals surface area contributed by atoms with Crippen LogP contribution in [0, 0.1) is 17.1 Å². The first-order valence-corrected chi connectivity index (χ1v) is 10.5. The van der Waals surface area contributed by atoms with Crippen LogP contribution in [0.25, 0.3) is 16.6 Å². The predicted molar refractivity (Wildman–Crippen MR) is 125 cm³/mol. The quantitative estimate of drug-likeness (QED) is 0.319. The topological polar surface area (TPSA) is 149 Å². The largest absolute Gasteiger partial charge is 0.382 e. The van der Waals surface area contributed by atoms with Crippen LogP contribution in [0.4, 0.5) is 39.5 Å². The Labute approximate surface area is 205 Å². The third kappa shape index (κ3) is 4.70. The maximum atomic E-state index is 14.6. The van der Waals surface area contributed by atoms with Crippen LogP contribution in [-0.4, -0.2) is 19.5 Å². The first-order chi connectivity index (χ1) is 17.5. The van der Waals surface area contributed by atoms with E-state index in [4.69, 9.17) is 11.5 Å². The van der Waals surface area contributed by atoms with E-state index < -0.39 is 46.8 Å². The van der Waals surface area contributed by atoms with Crippen LogP contribution in [0.3, 0.4) is 0 Å². The summed E-state index contributed by atoms with van der Waals surface area (Å²) in [4.78, 5) is 25.4. The molecule has 2 aromatic heterocycles. The molecule has 5 N–H and O–H groups in total. The normalized spacial score (nSPS) is 12.2. The van der Waals surface area contributed by atoms with Gasteiger partial charge in [-0.25, -0.2) is 26.9 Å². The third-order valence-corrected chi connectivity index (χ3v) is 5.40. The Balaban J connectivity index is 2.01. The fraction of sp³-hybridized carbons (Fsp3) is 0.174. The Morgan fingerprint density at radius 3 is 2.27 bits per heavy atom. The second-order valence-corrected chi connectivity index (χ2v) is 7.87. The fourth-order valence-electron chi connectivity index (χ4n) is 3.77. The van der Waals surface area contributed by atoms with E-state index >= 15 is 0 Å². The Bertz CT molecular complexity index is 1590. The Morgan fingerprint density at radius 1 is 1.03 bits per heavy atom. The van der Waals surface area contributed by atoms with Crippen molar-refractivity contribution in [3.63, 3.8) is 0 Å². The SMILES string of the molecule is CC(Nc1nc(N)nc(N)c1C#N)c1nc2cccc(F)c2c(=O)n1-c1cc(C(F)F)cc(C(F)F)c1. The lowest BCUT2D eigenvalue weighted by Crippen LogP contribution is -2.28. The highest BCUT2D eigenvalue weighted by Gasteiger charge is 2.24. The van der Waals surface area contributed by atoms with E-state index in [1.165, 1.54) is 19.1 Å². The predicted octanol–water partition coefficient (Wildman–Crippen LogP) is 4.40. The van der Waals surface area contributed by atoms with Gasteiger partial charge in [-0.1, -0.05) is 6.07 Å². The van der Waals surface area contributed by atoms with E-state index in [1.54, 1.807) is 0 Å². The summed E-state index contributed by atoms with van der Waals surface area (Å²) in [7, 11) is 0. The van der Waals surface area contributed by atoms with E-state index in [-0.39, 0.29) is 40.2 Å². The number of anilines is 3. The number of halogens is 5. The second kappa shape index (κ2) is 9.69. The molecule has 0 spiro atoms. The summed E-state index contributed by atoms with van der Waals surface area (Å²) < 4.78 is 69.5. The van der Waals surface area contributed by atoms with Gasteiger partial charge in [0, 0.05) is 11.1 Å². The van der Waals surface area contributed by atoms with E-state index in [0.717, 1.165) is 22.8 Å². The van der Waals surface area contributed by atoms with Gasteiger partial charge >= 0.3 is 0 Å².